The molecule has 106 valence electrons. The van der Waals surface area contributed by atoms with Gasteiger partial charge in [-0.2, -0.15) is 13.2 Å². The average Bonchev–Trinajstić information content (AvgIpc) is 2.39. The number of rotatable bonds is 2. The minimum atomic E-state index is -4.35. The lowest BCUT2D eigenvalue weighted by Crippen LogP contribution is -2.32. The summed E-state index contributed by atoms with van der Waals surface area (Å²) in [4.78, 5) is 0. The molecule has 2 N–H and O–H groups in total. The molecule has 5 heteroatoms. The van der Waals surface area contributed by atoms with E-state index >= 15 is 0 Å². The van der Waals surface area contributed by atoms with Gasteiger partial charge in [-0.15, -0.1) is 0 Å². The largest absolute Gasteiger partial charge is 0.416 e. The van der Waals surface area contributed by atoms with Crippen molar-refractivity contribution in [3.05, 3.63) is 35.4 Å². The smallest absolute Gasteiger partial charge is 0.396 e. The molecular formula is C14H17F3O2. The first-order chi connectivity index (χ1) is 8.85. The van der Waals surface area contributed by atoms with Crippen molar-refractivity contribution >= 4 is 0 Å². The van der Waals surface area contributed by atoms with E-state index in [9.17, 15) is 18.3 Å². The quantitative estimate of drug-likeness (QED) is 0.870. The number of alkyl halides is 3. The third-order valence-corrected chi connectivity index (χ3v) is 3.94. The van der Waals surface area contributed by atoms with Crippen LogP contribution in [0.5, 0.6) is 0 Å². The third-order valence-electron chi connectivity index (χ3n) is 3.94. The van der Waals surface area contributed by atoms with Gasteiger partial charge in [0.05, 0.1) is 11.2 Å². The summed E-state index contributed by atoms with van der Waals surface area (Å²) >= 11 is 0. The highest BCUT2D eigenvalue weighted by Crippen LogP contribution is 2.40. The number of benzene rings is 1. The number of halogens is 3. The monoisotopic (exact) mass is 274 g/mol. The van der Waals surface area contributed by atoms with Gasteiger partial charge in [0, 0.05) is 6.61 Å². The Hall–Kier alpha value is -1.07. The van der Waals surface area contributed by atoms with Crippen LogP contribution in [-0.4, -0.2) is 16.8 Å². The molecule has 2 rings (SSSR count). The first-order valence-electron chi connectivity index (χ1n) is 6.36. The van der Waals surface area contributed by atoms with Crippen molar-refractivity contribution in [2.45, 2.75) is 37.5 Å². The van der Waals surface area contributed by atoms with Gasteiger partial charge in [-0.05, 0) is 49.3 Å². The standard InChI is InChI=1S/C14H17F3O2/c15-14(16,17)12-3-1-11(2-4-12)13(19)7-5-10(9-18)6-8-13/h1-4,10,18-19H,5-9H2. The van der Waals surface area contributed by atoms with Crippen molar-refractivity contribution < 1.29 is 23.4 Å². The molecule has 0 unspecified atom stereocenters. The second-order valence-electron chi connectivity index (χ2n) is 5.23. The van der Waals surface area contributed by atoms with E-state index in [1.807, 2.05) is 0 Å². The van der Waals surface area contributed by atoms with E-state index < -0.39 is 17.3 Å². The maximum Gasteiger partial charge on any atom is 0.416 e. The van der Waals surface area contributed by atoms with Gasteiger partial charge in [0.1, 0.15) is 0 Å². The van der Waals surface area contributed by atoms with E-state index in [0.29, 0.717) is 31.2 Å². The predicted octanol–water partition coefficient (Wildman–Crippen LogP) is 3.08. The summed E-state index contributed by atoms with van der Waals surface area (Å²) in [6, 6.07) is 4.71. The van der Waals surface area contributed by atoms with Crippen LogP contribution in [-0.2, 0) is 11.8 Å². The average molecular weight is 274 g/mol. The SMILES string of the molecule is OCC1CCC(O)(c2ccc(C(F)(F)F)cc2)CC1. The first-order valence-corrected chi connectivity index (χ1v) is 6.36. The van der Waals surface area contributed by atoms with Gasteiger partial charge in [0.25, 0.3) is 0 Å². The van der Waals surface area contributed by atoms with Crippen molar-refractivity contribution in [1.29, 1.82) is 0 Å². The number of aliphatic hydroxyl groups is 2. The Morgan fingerprint density at radius 2 is 1.63 bits per heavy atom. The molecule has 0 amide bonds. The van der Waals surface area contributed by atoms with E-state index in [1.54, 1.807) is 0 Å². The zero-order valence-electron chi connectivity index (χ0n) is 10.5. The Morgan fingerprint density at radius 3 is 2.05 bits per heavy atom. The first kappa shape index (κ1) is 14.3. The Kier molecular flexibility index (Phi) is 3.87. The number of hydrogen-bond acceptors (Lipinski definition) is 2. The Bertz CT molecular complexity index is 417. The number of aliphatic hydroxyl groups excluding tert-OH is 1. The number of hydrogen-bond donors (Lipinski definition) is 2. The van der Waals surface area contributed by atoms with E-state index in [4.69, 9.17) is 5.11 Å². The Balaban J connectivity index is 2.14. The Labute approximate surface area is 109 Å². The zero-order chi connectivity index (χ0) is 14.1. The second-order valence-corrected chi connectivity index (χ2v) is 5.23. The molecule has 1 aromatic carbocycles. The van der Waals surface area contributed by atoms with E-state index in [1.165, 1.54) is 12.1 Å². The summed E-state index contributed by atoms with van der Waals surface area (Å²) in [5.74, 6) is 0.190. The van der Waals surface area contributed by atoms with Crippen LogP contribution in [0.2, 0.25) is 0 Å². The molecule has 0 aliphatic heterocycles. The lowest BCUT2D eigenvalue weighted by molar-refractivity contribution is -0.137. The molecule has 19 heavy (non-hydrogen) atoms. The summed E-state index contributed by atoms with van der Waals surface area (Å²) in [7, 11) is 0. The van der Waals surface area contributed by atoms with Gasteiger partial charge in [-0.25, -0.2) is 0 Å². The molecule has 1 aliphatic rings. The Morgan fingerprint density at radius 1 is 1.11 bits per heavy atom. The lowest BCUT2D eigenvalue weighted by atomic mass is 9.75. The molecule has 1 fully saturated rings. The molecule has 0 heterocycles. The third kappa shape index (κ3) is 3.09. The van der Waals surface area contributed by atoms with Crippen LogP contribution < -0.4 is 0 Å². The summed E-state index contributed by atoms with van der Waals surface area (Å²) < 4.78 is 37.4. The van der Waals surface area contributed by atoms with E-state index in [-0.39, 0.29) is 12.5 Å². The van der Waals surface area contributed by atoms with Crippen LogP contribution in [0.1, 0.15) is 36.8 Å². The highest BCUT2D eigenvalue weighted by Gasteiger charge is 2.36. The maximum atomic E-state index is 12.5. The fourth-order valence-corrected chi connectivity index (χ4v) is 2.60. The topological polar surface area (TPSA) is 40.5 Å². The van der Waals surface area contributed by atoms with Crippen LogP contribution >= 0.6 is 0 Å². The van der Waals surface area contributed by atoms with E-state index in [2.05, 4.69) is 0 Å². The molecule has 0 bridgehead atoms. The van der Waals surface area contributed by atoms with Gasteiger partial charge in [0.15, 0.2) is 0 Å². The summed E-state index contributed by atoms with van der Waals surface area (Å²) in [6.07, 6.45) is -2.02. The zero-order valence-corrected chi connectivity index (χ0v) is 10.5. The molecule has 1 aromatic rings. The van der Waals surface area contributed by atoms with Gasteiger partial charge in [-0.3, -0.25) is 0 Å². The van der Waals surface area contributed by atoms with Crippen molar-refractivity contribution in [2.75, 3.05) is 6.61 Å². The lowest BCUT2D eigenvalue weighted by Gasteiger charge is -2.36. The normalized spacial score (nSPS) is 28.4. The summed E-state index contributed by atoms with van der Waals surface area (Å²) in [6.45, 7) is 0.100. The molecule has 0 saturated heterocycles. The fourth-order valence-electron chi connectivity index (χ4n) is 2.60. The maximum absolute atomic E-state index is 12.5. The molecule has 1 saturated carbocycles. The van der Waals surface area contributed by atoms with Crippen molar-refractivity contribution in [3.63, 3.8) is 0 Å². The van der Waals surface area contributed by atoms with Crippen molar-refractivity contribution in [2.24, 2.45) is 5.92 Å². The van der Waals surface area contributed by atoms with Crippen molar-refractivity contribution in [1.82, 2.24) is 0 Å². The summed E-state index contributed by atoms with van der Waals surface area (Å²) in [5, 5.41) is 19.5. The fraction of sp³-hybridized carbons (Fsp3) is 0.571. The van der Waals surface area contributed by atoms with Crippen LogP contribution in [0.3, 0.4) is 0 Å². The highest BCUT2D eigenvalue weighted by atomic mass is 19.4. The molecular weight excluding hydrogens is 257 g/mol. The molecule has 0 radical (unpaired) electrons. The van der Waals surface area contributed by atoms with Crippen LogP contribution in [0.25, 0.3) is 0 Å². The van der Waals surface area contributed by atoms with E-state index in [0.717, 1.165) is 12.1 Å². The van der Waals surface area contributed by atoms with Gasteiger partial charge >= 0.3 is 6.18 Å². The predicted molar refractivity (Wildman–Crippen MR) is 64.4 cm³/mol. The van der Waals surface area contributed by atoms with Crippen LogP contribution in [0, 0.1) is 5.92 Å². The molecule has 0 aromatic heterocycles. The minimum absolute atomic E-state index is 0.100. The minimum Gasteiger partial charge on any atom is -0.396 e. The summed E-state index contributed by atoms with van der Waals surface area (Å²) in [5.41, 5.74) is -1.24. The van der Waals surface area contributed by atoms with Crippen molar-refractivity contribution in [3.8, 4) is 0 Å². The molecule has 0 atom stereocenters. The van der Waals surface area contributed by atoms with Gasteiger partial charge in [0.2, 0.25) is 0 Å². The van der Waals surface area contributed by atoms with Gasteiger partial charge in [-0.1, -0.05) is 12.1 Å². The van der Waals surface area contributed by atoms with Crippen LogP contribution in [0.4, 0.5) is 13.2 Å². The highest BCUT2D eigenvalue weighted by molar-refractivity contribution is 5.29. The molecule has 0 spiro atoms. The molecule has 1 aliphatic carbocycles. The second kappa shape index (κ2) is 5.13. The molecule has 2 nitrogen and oxygen atoms in total. The van der Waals surface area contributed by atoms with Gasteiger partial charge < -0.3 is 10.2 Å². The van der Waals surface area contributed by atoms with Crippen LogP contribution in [0.15, 0.2) is 24.3 Å².